The summed E-state index contributed by atoms with van der Waals surface area (Å²) >= 11 is 6.58. The first-order valence-electron chi connectivity index (χ1n) is 11.5. The summed E-state index contributed by atoms with van der Waals surface area (Å²) < 4.78 is 1.87. The predicted molar refractivity (Wildman–Crippen MR) is 131 cm³/mol. The van der Waals surface area contributed by atoms with Crippen molar-refractivity contribution in [3.63, 3.8) is 0 Å². The summed E-state index contributed by atoms with van der Waals surface area (Å²) in [4.78, 5) is 34.1. The van der Waals surface area contributed by atoms with Gasteiger partial charge in [0.25, 0.3) is 5.91 Å². The highest BCUT2D eigenvalue weighted by Crippen LogP contribution is 2.30. The van der Waals surface area contributed by atoms with Gasteiger partial charge in [-0.2, -0.15) is 0 Å². The van der Waals surface area contributed by atoms with Crippen molar-refractivity contribution in [2.75, 3.05) is 31.5 Å². The first kappa shape index (κ1) is 21.1. The average Bonchev–Trinajstić information content (AvgIpc) is 3.57. The van der Waals surface area contributed by atoms with Crippen molar-refractivity contribution in [3.05, 3.63) is 53.7 Å². The van der Waals surface area contributed by atoms with Crippen LogP contribution in [0, 0.1) is 0 Å². The molecule has 5 heterocycles. The molecule has 0 radical (unpaired) electrons. The number of piperazine rings is 1. The van der Waals surface area contributed by atoms with Crippen LogP contribution in [0.15, 0.2) is 43.0 Å². The standard InChI is InChI=1S/C24H25ClN8O/c1-31-13-21(27-14-31)19-4-5-26-24(30-19)28-16-9-15-10-20(29-22(15)18(25)11-16)23(34)33-8-7-32-6-2-3-17(32)12-33/h4-5,9-11,13-14,17,29H,2-3,6-8,12H2,1H3,(H,26,28,30). The number of hydrogen-bond donors (Lipinski definition) is 2. The van der Waals surface area contributed by atoms with Gasteiger partial charge < -0.3 is 19.8 Å². The van der Waals surface area contributed by atoms with E-state index >= 15 is 0 Å². The highest BCUT2D eigenvalue weighted by atomic mass is 35.5. The van der Waals surface area contributed by atoms with Crippen LogP contribution in [0.2, 0.25) is 5.02 Å². The number of H-pyrrole nitrogens is 1. The quantitative estimate of drug-likeness (QED) is 0.466. The summed E-state index contributed by atoms with van der Waals surface area (Å²) in [6, 6.07) is 7.94. The third kappa shape index (κ3) is 3.91. The van der Waals surface area contributed by atoms with Crippen LogP contribution >= 0.6 is 11.6 Å². The maximum Gasteiger partial charge on any atom is 0.270 e. The first-order valence-corrected chi connectivity index (χ1v) is 11.9. The van der Waals surface area contributed by atoms with E-state index < -0.39 is 0 Å². The Morgan fingerprint density at radius 3 is 2.94 bits per heavy atom. The molecule has 0 spiro atoms. The fourth-order valence-electron chi connectivity index (χ4n) is 4.97. The van der Waals surface area contributed by atoms with Gasteiger partial charge in [0.15, 0.2) is 0 Å². The third-order valence-electron chi connectivity index (χ3n) is 6.66. The van der Waals surface area contributed by atoms with Crippen LogP contribution < -0.4 is 5.32 Å². The van der Waals surface area contributed by atoms with Crippen molar-refractivity contribution in [1.82, 2.24) is 34.3 Å². The van der Waals surface area contributed by atoms with Crippen molar-refractivity contribution in [1.29, 1.82) is 0 Å². The van der Waals surface area contributed by atoms with Crippen LogP contribution in [0.25, 0.3) is 22.3 Å². The smallest absolute Gasteiger partial charge is 0.270 e. The summed E-state index contributed by atoms with van der Waals surface area (Å²) in [7, 11) is 1.92. The van der Waals surface area contributed by atoms with Crippen LogP contribution in [-0.4, -0.2) is 72.4 Å². The number of aromatic nitrogens is 5. The molecular weight excluding hydrogens is 452 g/mol. The molecule has 1 aromatic carbocycles. The summed E-state index contributed by atoms with van der Waals surface area (Å²) in [6.07, 6.45) is 7.72. The van der Waals surface area contributed by atoms with Gasteiger partial charge in [-0.3, -0.25) is 9.69 Å². The number of carbonyl (C=O) groups excluding carboxylic acids is 1. The van der Waals surface area contributed by atoms with E-state index in [4.69, 9.17) is 11.6 Å². The Bertz CT molecular complexity index is 1380. The Morgan fingerprint density at radius 2 is 2.09 bits per heavy atom. The minimum absolute atomic E-state index is 0.0275. The third-order valence-corrected chi connectivity index (χ3v) is 6.96. The van der Waals surface area contributed by atoms with Crippen molar-refractivity contribution in [2.45, 2.75) is 18.9 Å². The van der Waals surface area contributed by atoms with Gasteiger partial charge in [-0.25, -0.2) is 15.0 Å². The second-order valence-electron chi connectivity index (χ2n) is 9.00. The van der Waals surface area contributed by atoms with E-state index in [1.807, 2.05) is 47.0 Å². The molecule has 34 heavy (non-hydrogen) atoms. The number of aryl methyl sites for hydroxylation is 1. The molecule has 6 rings (SSSR count). The Kier molecular flexibility index (Phi) is 5.23. The van der Waals surface area contributed by atoms with Crippen LogP contribution in [0.4, 0.5) is 11.6 Å². The number of nitrogens with zero attached hydrogens (tertiary/aromatic N) is 6. The molecule has 1 amide bonds. The molecule has 2 saturated heterocycles. The number of hydrogen-bond acceptors (Lipinski definition) is 6. The Labute approximate surface area is 201 Å². The minimum atomic E-state index is 0.0275. The number of imidazole rings is 1. The largest absolute Gasteiger partial charge is 0.349 e. The Morgan fingerprint density at radius 1 is 1.18 bits per heavy atom. The molecular formula is C24H25ClN8O. The van der Waals surface area contributed by atoms with E-state index in [-0.39, 0.29) is 5.91 Å². The number of fused-ring (bicyclic) bond motifs is 2. The number of benzene rings is 1. The van der Waals surface area contributed by atoms with E-state index in [1.165, 1.54) is 12.8 Å². The lowest BCUT2D eigenvalue weighted by molar-refractivity contribution is 0.0566. The first-order chi connectivity index (χ1) is 16.5. The monoisotopic (exact) mass is 476 g/mol. The van der Waals surface area contributed by atoms with E-state index in [1.54, 1.807) is 12.5 Å². The highest BCUT2D eigenvalue weighted by molar-refractivity contribution is 6.35. The molecule has 0 aliphatic carbocycles. The summed E-state index contributed by atoms with van der Waals surface area (Å²) in [6.45, 7) is 3.65. The molecule has 1 unspecified atom stereocenters. The van der Waals surface area contributed by atoms with Crippen LogP contribution in [-0.2, 0) is 7.05 Å². The van der Waals surface area contributed by atoms with E-state index in [0.717, 1.165) is 54.2 Å². The van der Waals surface area contributed by atoms with Crippen LogP contribution in [0.5, 0.6) is 0 Å². The highest BCUT2D eigenvalue weighted by Gasteiger charge is 2.33. The number of anilines is 2. The van der Waals surface area contributed by atoms with Gasteiger partial charge in [0.05, 0.1) is 22.6 Å². The van der Waals surface area contributed by atoms with E-state index in [9.17, 15) is 4.79 Å². The second kappa shape index (κ2) is 8.41. The number of amides is 1. The number of halogens is 1. The normalized spacial score (nSPS) is 18.4. The molecule has 1 atom stereocenters. The number of aromatic amines is 1. The fourth-order valence-corrected chi connectivity index (χ4v) is 5.24. The lowest BCUT2D eigenvalue weighted by Gasteiger charge is -2.37. The zero-order valence-electron chi connectivity index (χ0n) is 18.8. The lowest BCUT2D eigenvalue weighted by atomic mass is 10.1. The zero-order valence-corrected chi connectivity index (χ0v) is 19.6. The SMILES string of the molecule is Cn1cnc(-c2ccnc(Nc3cc(Cl)c4[nH]c(C(=O)N5CCN6CCCC6C5)cc4c3)n2)c1. The Balaban J connectivity index is 1.24. The second-order valence-corrected chi connectivity index (χ2v) is 9.41. The Hall–Kier alpha value is -3.43. The maximum atomic E-state index is 13.2. The molecule has 9 nitrogen and oxygen atoms in total. The molecule has 4 aromatic rings. The molecule has 174 valence electrons. The van der Waals surface area contributed by atoms with Gasteiger partial charge in [0.1, 0.15) is 11.4 Å². The zero-order chi connectivity index (χ0) is 23.2. The van der Waals surface area contributed by atoms with Crippen LogP contribution in [0.1, 0.15) is 23.3 Å². The predicted octanol–water partition coefficient (Wildman–Crippen LogP) is 3.68. The van der Waals surface area contributed by atoms with Gasteiger partial charge in [0.2, 0.25) is 5.95 Å². The minimum Gasteiger partial charge on any atom is -0.349 e. The summed E-state index contributed by atoms with van der Waals surface area (Å²) in [5.41, 5.74) is 3.55. The topological polar surface area (TPSA) is 95.0 Å². The van der Waals surface area contributed by atoms with Gasteiger partial charge in [0, 0.05) is 56.2 Å². The van der Waals surface area contributed by atoms with Gasteiger partial charge in [-0.1, -0.05) is 11.6 Å². The number of nitrogens with one attached hydrogen (secondary N) is 2. The molecule has 2 fully saturated rings. The number of carbonyl (C=O) groups is 1. The molecule has 0 saturated carbocycles. The van der Waals surface area contributed by atoms with Crippen LogP contribution in [0.3, 0.4) is 0 Å². The molecule has 2 N–H and O–H groups in total. The molecule has 0 bridgehead atoms. The van der Waals surface area contributed by atoms with Gasteiger partial charge >= 0.3 is 0 Å². The molecule has 10 heteroatoms. The van der Waals surface area contributed by atoms with Gasteiger partial charge in [-0.15, -0.1) is 0 Å². The van der Waals surface area contributed by atoms with E-state index in [0.29, 0.717) is 22.7 Å². The lowest BCUT2D eigenvalue weighted by Crippen LogP contribution is -2.52. The average molecular weight is 477 g/mol. The van der Waals surface area contributed by atoms with Crippen molar-refractivity contribution in [2.24, 2.45) is 7.05 Å². The fraction of sp³-hybridized carbons (Fsp3) is 0.333. The van der Waals surface area contributed by atoms with E-state index in [2.05, 4.69) is 30.2 Å². The molecule has 3 aromatic heterocycles. The number of rotatable bonds is 4. The maximum absolute atomic E-state index is 13.2. The van der Waals surface area contributed by atoms with Gasteiger partial charge in [-0.05, 0) is 43.7 Å². The molecule has 2 aliphatic rings. The molecule has 2 aliphatic heterocycles. The van der Waals surface area contributed by atoms with Crippen molar-refractivity contribution >= 4 is 40.0 Å². The van der Waals surface area contributed by atoms with Crippen molar-refractivity contribution < 1.29 is 4.79 Å². The summed E-state index contributed by atoms with van der Waals surface area (Å²) in [5, 5.41) is 4.61. The summed E-state index contributed by atoms with van der Waals surface area (Å²) in [5.74, 6) is 0.472. The van der Waals surface area contributed by atoms with Crippen molar-refractivity contribution in [3.8, 4) is 11.4 Å².